The Morgan fingerprint density at radius 3 is 2.91 bits per heavy atom. The van der Waals surface area contributed by atoms with Crippen LogP contribution in [0.15, 0.2) is 0 Å². The summed E-state index contributed by atoms with van der Waals surface area (Å²) < 4.78 is 4.73. The van der Waals surface area contributed by atoms with Gasteiger partial charge in [0.15, 0.2) is 0 Å². The number of nitrogens with zero attached hydrogens (tertiary/aromatic N) is 1. The molecule has 1 amide bonds. The number of carboxylic acids is 1. The number of morpholine rings is 1. The van der Waals surface area contributed by atoms with E-state index in [9.17, 15) is 9.59 Å². The molecule has 0 radical (unpaired) electrons. The van der Waals surface area contributed by atoms with E-state index in [1.807, 2.05) is 0 Å². The SMILES string of the molecule is CN1CCOC(C(=O)O)C1=O. The van der Waals surface area contributed by atoms with E-state index < -0.39 is 18.0 Å². The standard InChI is InChI=1S/C6H9NO4/c1-7-2-3-11-4(5(7)8)6(9)10/h4H,2-3H2,1H3,(H,9,10). The zero-order valence-corrected chi connectivity index (χ0v) is 6.11. The average molecular weight is 159 g/mol. The lowest BCUT2D eigenvalue weighted by Gasteiger charge is -2.26. The molecule has 0 saturated carbocycles. The van der Waals surface area contributed by atoms with Crippen LogP contribution in [0, 0.1) is 0 Å². The van der Waals surface area contributed by atoms with Crippen molar-refractivity contribution in [2.24, 2.45) is 0 Å². The Balaban J connectivity index is 2.66. The largest absolute Gasteiger partial charge is 0.479 e. The molecule has 0 spiro atoms. The third kappa shape index (κ3) is 1.48. The van der Waals surface area contributed by atoms with Gasteiger partial charge in [-0.05, 0) is 0 Å². The highest BCUT2D eigenvalue weighted by Crippen LogP contribution is 2.04. The molecule has 1 saturated heterocycles. The molecule has 1 aliphatic rings. The van der Waals surface area contributed by atoms with Gasteiger partial charge in [-0.25, -0.2) is 4.79 Å². The molecule has 0 aromatic heterocycles. The van der Waals surface area contributed by atoms with Crippen molar-refractivity contribution < 1.29 is 19.4 Å². The molecular formula is C6H9NO4. The average Bonchev–Trinajstić information content (AvgIpc) is 1.94. The molecule has 1 N–H and O–H groups in total. The van der Waals surface area contributed by atoms with E-state index in [1.165, 1.54) is 4.90 Å². The van der Waals surface area contributed by atoms with Crippen molar-refractivity contribution in [1.29, 1.82) is 0 Å². The summed E-state index contributed by atoms with van der Waals surface area (Å²) in [6.07, 6.45) is -1.30. The van der Waals surface area contributed by atoms with Crippen molar-refractivity contribution in [3.63, 3.8) is 0 Å². The van der Waals surface area contributed by atoms with E-state index in [-0.39, 0.29) is 0 Å². The van der Waals surface area contributed by atoms with Gasteiger partial charge in [0, 0.05) is 13.6 Å². The number of carbonyl (C=O) groups excluding carboxylic acids is 1. The number of amides is 1. The van der Waals surface area contributed by atoms with Crippen LogP contribution < -0.4 is 0 Å². The van der Waals surface area contributed by atoms with Crippen LogP contribution in [-0.4, -0.2) is 48.2 Å². The van der Waals surface area contributed by atoms with Crippen molar-refractivity contribution in [2.45, 2.75) is 6.10 Å². The molecule has 0 aromatic rings. The van der Waals surface area contributed by atoms with Gasteiger partial charge in [-0.2, -0.15) is 0 Å². The summed E-state index contributed by atoms with van der Waals surface area (Å²) in [5.74, 6) is -1.70. The van der Waals surface area contributed by atoms with Crippen molar-refractivity contribution >= 4 is 11.9 Å². The molecule has 1 unspecified atom stereocenters. The Bertz CT molecular complexity index is 191. The van der Waals surface area contributed by atoms with Crippen molar-refractivity contribution in [1.82, 2.24) is 4.90 Å². The highest BCUT2D eigenvalue weighted by atomic mass is 16.5. The molecular weight excluding hydrogens is 150 g/mol. The zero-order chi connectivity index (χ0) is 8.43. The first-order valence-corrected chi connectivity index (χ1v) is 3.22. The fraction of sp³-hybridized carbons (Fsp3) is 0.667. The summed E-state index contributed by atoms with van der Waals surface area (Å²) in [6.45, 7) is 0.752. The first kappa shape index (κ1) is 8.00. The number of ether oxygens (including phenoxy) is 1. The Morgan fingerprint density at radius 1 is 1.82 bits per heavy atom. The van der Waals surface area contributed by atoms with Crippen molar-refractivity contribution in [3.05, 3.63) is 0 Å². The van der Waals surface area contributed by atoms with Gasteiger partial charge < -0.3 is 14.7 Å². The van der Waals surface area contributed by atoms with Crippen molar-refractivity contribution in [3.8, 4) is 0 Å². The molecule has 1 rings (SSSR count). The molecule has 5 heteroatoms. The predicted molar refractivity (Wildman–Crippen MR) is 35.0 cm³/mol. The topological polar surface area (TPSA) is 66.8 Å². The lowest BCUT2D eigenvalue weighted by atomic mass is 10.3. The van der Waals surface area contributed by atoms with Crippen LogP contribution in [0.4, 0.5) is 0 Å². The van der Waals surface area contributed by atoms with Gasteiger partial charge in [-0.15, -0.1) is 0 Å². The zero-order valence-electron chi connectivity index (χ0n) is 6.11. The minimum absolute atomic E-state index is 0.291. The van der Waals surface area contributed by atoms with Crippen LogP contribution in [0.5, 0.6) is 0 Å². The van der Waals surface area contributed by atoms with Gasteiger partial charge >= 0.3 is 5.97 Å². The second kappa shape index (κ2) is 2.87. The minimum atomic E-state index is -1.30. The Labute approximate surface area is 63.5 Å². The van der Waals surface area contributed by atoms with Crippen LogP contribution in [0.1, 0.15) is 0 Å². The maximum absolute atomic E-state index is 11.0. The summed E-state index contributed by atoms with van der Waals surface area (Å²) in [5.41, 5.74) is 0. The van der Waals surface area contributed by atoms with Crippen LogP contribution in [0.25, 0.3) is 0 Å². The molecule has 1 heterocycles. The number of aliphatic carboxylic acids is 1. The lowest BCUT2D eigenvalue weighted by Crippen LogP contribution is -2.49. The summed E-state index contributed by atoms with van der Waals surface area (Å²) >= 11 is 0. The van der Waals surface area contributed by atoms with E-state index >= 15 is 0 Å². The molecule has 1 aliphatic heterocycles. The minimum Gasteiger partial charge on any atom is -0.479 e. The fourth-order valence-corrected chi connectivity index (χ4v) is 0.866. The number of carboxylic acid groups (broad SMARTS) is 1. The summed E-state index contributed by atoms with van der Waals surface area (Å²) in [5, 5.41) is 8.45. The first-order chi connectivity index (χ1) is 5.13. The molecule has 0 bridgehead atoms. The normalized spacial score (nSPS) is 25.4. The quantitative estimate of drug-likeness (QED) is 0.494. The summed E-state index contributed by atoms with van der Waals surface area (Å²) in [7, 11) is 1.56. The third-order valence-corrected chi connectivity index (χ3v) is 1.54. The number of likely N-dealkylation sites (N-methyl/N-ethyl adjacent to an activating group) is 1. The number of rotatable bonds is 1. The van der Waals surface area contributed by atoms with Crippen LogP contribution >= 0.6 is 0 Å². The highest BCUT2D eigenvalue weighted by molar-refractivity contribution is 6.00. The van der Waals surface area contributed by atoms with Gasteiger partial charge in [-0.3, -0.25) is 4.79 Å². The molecule has 5 nitrogen and oxygen atoms in total. The highest BCUT2D eigenvalue weighted by Gasteiger charge is 2.33. The predicted octanol–water partition coefficient (Wildman–Crippen LogP) is -1.07. The second-order valence-electron chi connectivity index (χ2n) is 2.35. The molecule has 0 aromatic carbocycles. The Morgan fingerprint density at radius 2 is 2.45 bits per heavy atom. The fourth-order valence-electron chi connectivity index (χ4n) is 0.866. The smallest absolute Gasteiger partial charge is 0.342 e. The van der Waals surface area contributed by atoms with Gasteiger partial charge in [0.05, 0.1) is 6.61 Å². The van der Waals surface area contributed by atoms with Gasteiger partial charge in [-0.1, -0.05) is 0 Å². The Kier molecular flexibility index (Phi) is 2.09. The molecule has 1 atom stereocenters. The van der Waals surface area contributed by atoms with Crippen LogP contribution in [-0.2, 0) is 14.3 Å². The number of hydrogen-bond donors (Lipinski definition) is 1. The van der Waals surface area contributed by atoms with E-state index in [2.05, 4.69) is 0 Å². The lowest BCUT2D eigenvalue weighted by molar-refractivity contribution is -0.167. The van der Waals surface area contributed by atoms with Gasteiger partial charge in [0.1, 0.15) is 0 Å². The van der Waals surface area contributed by atoms with E-state index in [0.29, 0.717) is 13.2 Å². The monoisotopic (exact) mass is 159 g/mol. The third-order valence-electron chi connectivity index (χ3n) is 1.54. The molecule has 62 valence electrons. The maximum atomic E-state index is 11.0. The summed E-state index contributed by atoms with van der Waals surface area (Å²) in [6, 6.07) is 0. The Hall–Kier alpha value is -1.10. The van der Waals surface area contributed by atoms with E-state index in [4.69, 9.17) is 9.84 Å². The van der Waals surface area contributed by atoms with Gasteiger partial charge in [0.25, 0.3) is 5.91 Å². The van der Waals surface area contributed by atoms with E-state index in [1.54, 1.807) is 7.05 Å². The van der Waals surface area contributed by atoms with E-state index in [0.717, 1.165) is 0 Å². The maximum Gasteiger partial charge on any atom is 0.342 e. The van der Waals surface area contributed by atoms with Crippen molar-refractivity contribution in [2.75, 3.05) is 20.2 Å². The summed E-state index contributed by atoms with van der Waals surface area (Å²) in [4.78, 5) is 22.7. The van der Waals surface area contributed by atoms with Gasteiger partial charge in [0.2, 0.25) is 6.10 Å². The van der Waals surface area contributed by atoms with Crippen LogP contribution in [0.3, 0.4) is 0 Å². The van der Waals surface area contributed by atoms with Crippen LogP contribution in [0.2, 0.25) is 0 Å². The number of hydrogen-bond acceptors (Lipinski definition) is 3. The molecule has 0 aliphatic carbocycles. The number of carbonyl (C=O) groups is 2. The molecule has 11 heavy (non-hydrogen) atoms. The second-order valence-corrected chi connectivity index (χ2v) is 2.35. The molecule has 1 fully saturated rings. The first-order valence-electron chi connectivity index (χ1n) is 3.22.